The van der Waals surface area contributed by atoms with Crippen LogP contribution in [-0.4, -0.2) is 23.5 Å². The SMILES string of the molecule is Cc1ccccc1C1=C(OC(=O)CCC(=O)OC2=C(c3ccccc3C)C(=O)CC(C)(C)C2)CC(C)(C)CC1=O. The molecular weight excluding hydrogens is 504 g/mol. The van der Waals surface area contributed by atoms with Gasteiger partial charge in [-0.15, -0.1) is 0 Å². The summed E-state index contributed by atoms with van der Waals surface area (Å²) in [6.45, 7) is 11.7. The summed E-state index contributed by atoms with van der Waals surface area (Å²) in [4.78, 5) is 52.1. The highest BCUT2D eigenvalue weighted by molar-refractivity contribution is 6.23. The number of rotatable bonds is 7. The summed E-state index contributed by atoms with van der Waals surface area (Å²) >= 11 is 0. The summed E-state index contributed by atoms with van der Waals surface area (Å²) in [5.41, 5.74) is 3.52. The van der Waals surface area contributed by atoms with E-state index < -0.39 is 11.9 Å². The van der Waals surface area contributed by atoms with Gasteiger partial charge in [-0.05, 0) is 46.9 Å². The molecule has 0 saturated carbocycles. The predicted octanol–water partition coefficient (Wildman–Crippen LogP) is 7.07. The van der Waals surface area contributed by atoms with Gasteiger partial charge in [-0.1, -0.05) is 76.2 Å². The molecule has 0 amide bonds. The molecule has 0 N–H and O–H groups in total. The first-order valence-corrected chi connectivity index (χ1v) is 13.8. The molecule has 2 aromatic carbocycles. The van der Waals surface area contributed by atoms with Crippen molar-refractivity contribution in [2.24, 2.45) is 10.8 Å². The zero-order valence-electron chi connectivity index (χ0n) is 24.3. The Hall–Kier alpha value is -3.80. The highest BCUT2D eigenvalue weighted by atomic mass is 16.5. The van der Waals surface area contributed by atoms with E-state index in [4.69, 9.17) is 9.47 Å². The maximum Gasteiger partial charge on any atom is 0.311 e. The van der Waals surface area contributed by atoms with E-state index in [0.717, 1.165) is 22.3 Å². The Bertz CT molecular complexity index is 1330. The average Bonchev–Trinajstić information content (AvgIpc) is 2.83. The molecule has 0 aliphatic heterocycles. The van der Waals surface area contributed by atoms with Crippen molar-refractivity contribution in [1.29, 1.82) is 0 Å². The smallest absolute Gasteiger partial charge is 0.311 e. The normalized spacial score (nSPS) is 18.6. The molecule has 0 fully saturated rings. The monoisotopic (exact) mass is 542 g/mol. The molecule has 0 spiro atoms. The van der Waals surface area contributed by atoms with Crippen molar-refractivity contribution in [3.8, 4) is 0 Å². The molecule has 2 aliphatic carbocycles. The van der Waals surface area contributed by atoms with Crippen molar-refractivity contribution < 1.29 is 28.7 Å². The molecule has 0 atom stereocenters. The average molecular weight is 543 g/mol. The first kappa shape index (κ1) is 29.2. The lowest BCUT2D eigenvalue weighted by Crippen LogP contribution is -2.28. The fourth-order valence-electron chi connectivity index (χ4n) is 5.59. The molecule has 2 aliphatic rings. The largest absolute Gasteiger partial charge is 0.430 e. The molecule has 0 bridgehead atoms. The van der Waals surface area contributed by atoms with Gasteiger partial charge in [-0.2, -0.15) is 0 Å². The number of aryl methyl sites for hydroxylation is 2. The third-order valence-electron chi connectivity index (χ3n) is 7.51. The minimum absolute atomic E-state index is 0.0620. The van der Waals surface area contributed by atoms with Gasteiger partial charge in [0, 0.05) is 25.7 Å². The first-order valence-electron chi connectivity index (χ1n) is 13.8. The van der Waals surface area contributed by atoms with Gasteiger partial charge in [0.15, 0.2) is 11.6 Å². The van der Waals surface area contributed by atoms with Crippen LogP contribution in [0, 0.1) is 24.7 Å². The summed E-state index contributed by atoms with van der Waals surface area (Å²) in [5.74, 6) is -0.634. The molecule has 2 aromatic rings. The van der Waals surface area contributed by atoms with Crippen molar-refractivity contribution in [3.63, 3.8) is 0 Å². The summed E-state index contributed by atoms with van der Waals surface area (Å²) in [7, 11) is 0. The van der Waals surface area contributed by atoms with Gasteiger partial charge in [0.1, 0.15) is 11.5 Å². The lowest BCUT2D eigenvalue weighted by molar-refractivity contribution is -0.147. The summed E-state index contributed by atoms with van der Waals surface area (Å²) in [5, 5.41) is 0. The van der Waals surface area contributed by atoms with E-state index in [1.807, 2.05) is 90.1 Å². The second-order valence-electron chi connectivity index (χ2n) is 12.6. The van der Waals surface area contributed by atoms with Crippen LogP contribution in [-0.2, 0) is 28.7 Å². The van der Waals surface area contributed by atoms with Gasteiger partial charge in [0.05, 0.1) is 24.0 Å². The van der Waals surface area contributed by atoms with Gasteiger partial charge in [-0.25, -0.2) is 0 Å². The third kappa shape index (κ3) is 6.67. The number of Topliss-reactive ketones (excluding diaryl/α,β-unsaturated/α-hetero) is 2. The Morgan fingerprint density at radius 1 is 0.625 bits per heavy atom. The maximum absolute atomic E-state index is 13.1. The van der Waals surface area contributed by atoms with E-state index in [0.29, 0.717) is 48.3 Å². The van der Waals surface area contributed by atoms with E-state index in [-0.39, 0.29) is 35.2 Å². The maximum atomic E-state index is 13.1. The minimum Gasteiger partial charge on any atom is -0.430 e. The molecule has 40 heavy (non-hydrogen) atoms. The van der Waals surface area contributed by atoms with Crippen LogP contribution in [0.3, 0.4) is 0 Å². The number of carbonyl (C=O) groups is 4. The van der Waals surface area contributed by atoms with Crippen molar-refractivity contribution in [2.45, 2.75) is 80.1 Å². The lowest BCUT2D eigenvalue weighted by atomic mass is 9.74. The number of benzene rings is 2. The van der Waals surface area contributed by atoms with Gasteiger partial charge in [0.2, 0.25) is 0 Å². The van der Waals surface area contributed by atoms with Crippen LogP contribution >= 0.6 is 0 Å². The van der Waals surface area contributed by atoms with Crippen molar-refractivity contribution in [1.82, 2.24) is 0 Å². The number of ketones is 2. The van der Waals surface area contributed by atoms with Crippen LogP contribution < -0.4 is 0 Å². The Morgan fingerprint density at radius 2 is 0.975 bits per heavy atom. The number of esters is 2. The molecule has 0 heterocycles. The van der Waals surface area contributed by atoms with Crippen LogP contribution in [0.2, 0.25) is 0 Å². The highest BCUT2D eigenvalue weighted by Gasteiger charge is 2.37. The summed E-state index contributed by atoms with van der Waals surface area (Å²) in [6.07, 6.45) is 1.17. The number of allylic oxidation sites excluding steroid dienone is 4. The molecular formula is C34H38O6. The minimum atomic E-state index is -0.600. The fraction of sp³-hybridized carbons (Fsp3) is 0.412. The number of hydrogen-bond donors (Lipinski definition) is 0. The van der Waals surface area contributed by atoms with Gasteiger partial charge >= 0.3 is 11.9 Å². The molecule has 0 unspecified atom stereocenters. The van der Waals surface area contributed by atoms with Crippen LogP contribution in [0.4, 0.5) is 0 Å². The molecule has 210 valence electrons. The van der Waals surface area contributed by atoms with Crippen LogP contribution in [0.1, 0.15) is 88.5 Å². The van der Waals surface area contributed by atoms with Crippen LogP contribution in [0.5, 0.6) is 0 Å². The third-order valence-corrected chi connectivity index (χ3v) is 7.51. The molecule has 0 saturated heterocycles. The standard InChI is InChI=1S/C34H38O6/c1-21-11-7-9-13-23(21)31-25(35)17-33(3,4)19-27(31)39-29(37)15-16-30(38)40-28-20-34(5,6)18-26(36)32(28)24-14-10-8-12-22(24)2/h7-14H,15-20H2,1-6H3. The summed E-state index contributed by atoms with van der Waals surface area (Å²) in [6, 6.07) is 15.1. The predicted molar refractivity (Wildman–Crippen MR) is 154 cm³/mol. The van der Waals surface area contributed by atoms with Crippen LogP contribution in [0.25, 0.3) is 11.1 Å². The molecule has 6 heteroatoms. The fourth-order valence-corrected chi connectivity index (χ4v) is 5.59. The van der Waals surface area contributed by atoms with Crippen molar-refractivity contribution in [2.75, 3.05) is 0 Å². The Labute approximate surface area is 236 Å². The first-order chi connectivity index (χ1) is 18.8. The second-order valence-corrected chi connectivity index (χ2v) is 12.6. The van der Waals surface area contributed by atoms with E-state index >= 15 is 0 Å². The molecule has 6 nitrogen and oxygen atoms in total. The van der Waals surface area contributed by atoms with Crippen LogP contribution in [0.15, 0.2) is 60.0 Å². The van der Waals surface area contributed by atoms with Gasteiger partial charge in [0.25, 0.3) is 0 Å². The Morgan fingerprint density at radius 3 is 1.32 bits per heavy atom. The quantitative estimate of drug-likeness (QED) is 0.348. The molecule has 0 radical (unpaired) electrons. The highest BCUT2D eigenvalue weighted by Crippen LogP contribution is 2.43. The number of ether oxygens (including phenoxy) is 2. The summed E-state index contributed by atoms with van der Waals surface area (Å²) < 4.78 is 11.5. The molecule has 0 aromatic heterocycles. The van der Waals surface area contributed by atoms with Crippen molar-refractivity contribution >= 4 is 34.7 Å². The lowest BCUT2D eigenvalue weighted by Gasteiger charge is -2.32. The van der Waals surface area contributed by atoms with Gasteiger partial charge < -0.3 is 9.47 Å². The number of hydrogen-bond acceptors (Lipinski definition) is 6. The second kappa shape index (κ2) is 11.4. The van der Waals surface area contributed by atoms with E-state index in [2.05, 4.69) is 0 Å². The zero-order chi connectivity index (χ0) is 29.2. The van der Waals surface area contributed by atoms with Crippen molar-refractivity contribution in [3.05, 3.63) is 82.3 Å². The van der Waals surface area contributed by atoms with E-state index in [9.17, 15) is 19.2 Å². The van der Waals surface area contributed by atoms with E-state index in [1.54, 1.807) is 0 Å². The Balaban J connectivity index is 1.52. The number of carbonyl (C=O) groups excluding carboxylic acids is 4. The zero-order valence-corrected chi connectivity index (χ0v) is 24.3. The van der Waals surface area contributed by atoms with E-state index in [1.165, 1.54) is 0 Å². The Kier molecular flexibility index (Phi) is 8.29. The topological polar surface area (TPSA) is 86.7 Å². The molecule has 4 rings (SSSR count). The van der Waals surface area contributed by atoms with Gasteiger partial charge in [-0.3, -0.25) is 19.2 Å².